The van der Waals surface area contributed by atoms with Gasteiger partial charge in [-0.15, -0.1) is 0 Å². The highest BCUT2D eigenvalue weighted by Gasteiger charge is 2.10. The summed E-state index contributed by atoms with van der Waals surface area (Å²) in [5.41, 5.74) is 3.90. The molecule has 0 spiro atoms. The second-order valence-corrected chi connectivity index (χ2v) is 8.73. The summed E-state index contributed by atoms with van der Waals surface area (Å²) in [6.45, 7) is 10.0. The van der Waals surface area contributed by atoms with Crippen LogP contribution < -0.4 is 5.32 Å². The summed E-state index contributed by atoms with van der Waals surface area (Å²) in [5.74, 6) is 0. The van der Waals surface area contributed by atoms with E-state index in [1.165, 1.54) is 6.42 Å². The lowest BCUT2D eigenvalue weighted by atomic mass is 10.1. The molecule has 0 bridgehead atoms. The molecule has 0 fully saturated rings. The van der Waals surface area contributed by atoms with Gasteiger partial charge in [0.1, 0.15) is 0 Å². The predicted molar refractivity (Wildman–Crippen MR) is 137 cm³/mol. The Morgan fingerprint density at radius 3 is 2.52 bits per heavy atom. The molecule has 1 aromatic heterocycles. The van der Waals surface area contributed by atoms with E-state index in [0.717, 1.165) is 58.9 Å². The minimum absolute atomic E-state index is 0.363. The zero-order chi connectivity index (χ0) is 22.2. The first-order chi connectivity index (χ1) is 15.0. The molecule has 5 heteroatoms. The molecule has 0 amide bonds. The van der Waals surface area contributed by atoms with Crippen molar-refractivity contribution in [3.63, 3.8) is 0 Å². The largest absolute Gasteiger partial charge is 0.382 e. The summed E-state index contributed by atoms with van der Waals surface area (Å²) in [6.07, 6.45) is 6.33. The number of benzene rings is 2. The average molecular weight is 456 g/mol. The molecule has 3 nitrogen and oxygen atoms in total. The van der Waals surface area contributed by atoms with E-state index < -0.39 is 0 Å². The van der Waals surface area contributed by atoms with Crippen LogP contribution in [0.1, 0.15) is 44.9 Å². The molecule has 1 atom stereocenters. The molecule has 164 valence electrons. The van der Waals surface area contributed by atoms with Gasteiger partial charge in [-0.25, -0.2) is 4.98 Å². The molecule has 3 rings (SSSR count). The summed E-state index contributed by atoms with van der Waals surface area (Å²) >= 11 is 12.4. The summed E-state index contributed by atoms with van der Waals surface area (Å²) in [5, 5.41) is 6.20. The van der Waals surface area contributed by atoms with Crippen LogP contribution in [0.5, 0.6) is 0 Å². The molecule has 3 aromatic rings. The third kappa shape index (κ3) is 6.96. The Balaban J connectivity index is 1.80. The topological polar surface area (TPSA) is 28.2 Å². The van der Waals surface area contributed by atoms with Gasteiger partial charge in [-0.05, 0) is 87.4 Å². The fourth-order valence-electron chi connectivity index (χ4n) is 3.72. The first-order valence-electron chi connectivity index (χ1n) is 11.0. The Kier molecular flexibility index (Phi) is 8.77. The Morgan fingerprint density at radius 2 is 1.77 bits per heavy atom. The van der Waals surface area contributed by atoms with Crippen LogP contribution in [0, 0.1) is 0 Å². The van der Waals surface area contributed by atoms with Crippen molar-refractivity contribution in [3.8, 4) is 0 Å². The van der Waals surface area contributed by atoms with E-state index in [-0.39, 0.29) is 0 Å². The Bertz CT molecular complexity index is 1030. The molecule has 1 heterocycles. The molecule has 1 unspecified atom stereocenters. The highest BCUT2D eigenvalue weighted by molar-refractivity contribution is 6.31. The Morgan fingerprint density at radius 1 is 1.00 bits per heavy atom. The van der Waals surface area contributed by atoms with Gasteiger partial charge in [0, 0.05) is 27.2 Å². The number of pyridine rings is 1. The van der Waals surface area contributed by atoms with Crippen molar-refractivity contribution in [2.24, 2.45) is 0 Å². The van der Waals surface area contributed by atoms with Crippen molar-refractivity contribution in [2.45, 2.75) is 39.7 Å². The van der Waals surface area contributed by atoms with Gasteiger partial charge < -0.3 is 10.2 Å². The van der Waals surface area contributed by atoms with E-state index in [1.54, 1.807) is 0 Å². The van der Waals surface area contributed by atoms with Gasteiger partial charge in [0.15, 0.2) is 0 Å². The molecule has 31 heavy (non-hydrogen) atoms. The molecule has 0 saturated heterocycles. The highest BCUT2D eigenvalue weighted by atomic mass is 35.5. The van der Waals surface area contributed by atoms with Crippen molar-refractivity contribution >= 4 is 51.9 Å². The van der Waals surface area contributed by atoms with Crippen LogP contribution in [0.2, 0.25) is 10.0 Å². The molecule has 2 aromatic carbocycles. The van der Waals surface area contributed by atoms with Crippen molar-refractivity contribution in [3.05, 3.63) is 69.8 Å². The van der Waals surface area contributed by atoms with Crippen LogP contribution in [0.4, 0.5) is 5.69 Å². The Hall–Kier alpha value is -2.07. The van der Waals surface area contributed by atoms with E-state index in [0.29, 0.717) is 11.1 Å². The molecule has 0 aliphatic carbocycles. The van der Waals surface area contributed by atoms with Crippen molar-refractivity contribution in [1.29, 1.82) is 0 Å². The van der Waals surface area contributed by atoms with Gasteiger partial charge in [0.05, 0.1) is 11.2 Å². The molecule has 0 aliphatic rings. The smallest absolute Gasteiger partial charge is 0.0744 e. The molecule has 0 saturated carbocycles. The van der Waals surface area contributed by atoms with Gasteiger partial charge in [-0.1, -0.05) is 55.3 Å². The van der Waals surface area contributed by atoms with Crippen LogP contribution in [0.3, 0.4) is 0 Å². The predicted octanol–water partition coefficient (Wildman–Crippen LogP) is 7.63. The normalized spacial score (nSPS) is 12.7. The summed E-state index contributed by atoms with van der Waals surface area (Å²) in [7, 11) is 0. The SMILES string of the molecule is CCN(CC)CCCC(C)Nc1cc(C=Cc2cccc(Cl)c2)nc2cc(Cl)ccc12. The van der Waals surface area contributed by atoms with E-state index >= 15 is 0 Å². The number of fused-ring (bicyclic) bond motifs is 1. The minimum atomic E-state index is 0.363. The van der Waals surface area contributed by atoms with Crippen LogP contribution >= 0.6 is 23.2 Å². The Labute approximate surface area is 196 Å². The minimum Gasteiger partial charge on any atom is -0.382 e. The van der Waals surface area contributed by atoms with Gasteiger partial charge >= 0.3 is 0 Å². The fourth-order valence-corrected chi connectivity index (χ4v) is 4.08. The van der Waals surface area contributed by atoms with Crippen molar-refractivity contribution in [2.75, 3.05) is 25.0 Å². The molecular weight excluding hydrogens is 425 g/mol. The third-order valence-electron chi connectivity index (χ3n) is 5.49. The van der Waals surface area contributed by atoms with Crippen LogP contribution in [0.15, 0.2) is 48.5 Å². The summed E-state index contributed by atoms with van der Waals surface area (Å²) in [4.78, 5) is 7.27. The van der Waals surface area contributed by atoms with Crippen molar-refractivity contribution < 1.29 is 0 Å². The first kappa shape index (κ1) is 23.6. The van der Waals surface area contributed by atoms with E-state index in [9.17, 15) is 0 Å². The van der Waals surface area contributed by atoms with Gasteiger partial charge in [-0.3, -0.25) is 0 Å². The maximum Gasteiger partial charge on any atom is 0.0744 e. The molecular formula is C26H31Cl2N3. The standard InChI is InChI=1S/C26H31Cl2N3/c1-4-31(5-2)15-7-8-19(3)29-26-18-23(13-11-20-9-6-10-21(27)16-20)30-25-17-22(28)12-14-24(25)26/h6,9-14,16-19H,4-5,7-8,15H2,1-3H3,(H,29,30). The molecule has 0 radical (unpaired) electrons. The maximum atomic E-state index is 6.25. The van der Waals surface area contributed by atoms with E-state index in [4.69, 9.17) is 28.2 Å². The van der Waals surface area contributed by atoms with E-state index in [1.807, 2.05) is 54.6 Å². The zero-order valence-corrected chi connectivity index (χ0v) is 20.0. The lowest BCUT2D eigenvalue weighted by molar-refractivity contribution is 0.295. The number of nitrogens with zero attached hydrogens (tertiary/aromatic N) is 2. The fraction of sp³-hybridized carbons (Fsp3) is 0.346. The molecule has 1 N–H and O–H groups in total. The van der Waals surface area contributed by atoms with Crippen LogP contribution in [-0.4, -0.2) is 35.6 Å². The van der Waals surface area contributed by atoms with Crippen molar-refractivity contribution in [1.82, 2.24) is 9.88 Å². The monoisotopic (exact) mass is 455 g/mol. The number of hydrogen-bond donors (Lipinski definition) is 1. The lowest BCUT2D eigenvalue weighted by Crippen LogP contribution is -2.25. The third-order valence-corrected chi connectivity index (χ3v) is 5.96. The number of hydrogen-bond acceptors (Lipinski definition) is 3. The molecule has 0 aliphatic heterocycles. The summed E-state index contributed by atoms with van der Waals surface area (Å²) < 4.78 is 0. The summed E-state index contributed by atoms with van der Waals surface area (Å²) in [6, 6.07) is 16.1. The van der Waals surface area contributed by atoms with E-state index in [2.05, 4.69) is 37.1 Å². The average Bonchev–Trinajstić information content (AvgIpc) is 2.75. The van der Waals surface area contributed by atoms with Crippen LogP contribution in [-0.2, 0) is 0 Å². The number of halogens is 2. The van der Waals surface area contributed by atoms with Gasteiger partial charge in [0.25, 0.3) is 0 Å². The number of anilines is 1. The lowest BCUT2D eigenvalue weighted by Gasteiger charge is -2.21. The zero-order valence-electron chi connectivity index (χ0n) is 18.5. The maximum absolute atomic E-state index is 6.25. The second kappa shape index (κ2) is 11.5. The number of aromatic nitrogens is 1. The number of rotatable bonds is 10. The van der Waals surface area contributed by atoms with Gasteiger partial charge in [0.2, 0.25) is 0 Å². The van der Waals surface area contributed by atoms with Crippen LogP contribution in [0.25, 0.3) is 23.1 Å². The highest BCUT2D eigenvalue weighted by Crippen LogP contribution is 2.28. The quantitative estimate of drug-likeness (QED) is 0.340. The first-order valence-corrected chi connectivity index (χ1v) is 11.8. The second-order valence-electron chi connectivity index (χ2n) is 7.86. The number of nitrogens with one attached hydrogen (secondary N) is 1. The van der Waals surface area contributed by atoms with Gasteiger partial charge in [-0.2, -0.15) is 0 Å².